The van der Waals surface area contributed by atoms with Crippen LogP contribution in [0.25, 0.3) is 0 Å². The van der Waals surface area contributed by atoms with Gasteiger partial charge >= 0.3 is 0 Å². The van der Waals surface area contributed by atoms with Crippen LogP contribution in [0.5, 0.6) is 0 Å². The van der Waals surface area contributed by atoms with Crippen LogP contribution in [0.15, 0.2) is 44.6 Å². The fourth-order valence-electron chi connectivity index (χ4n) is 19.1. The lowest BCUT2D eigenvalue weighted by molar-refractivity contribution is -0.157. The van der Waals surface area contributed by atoms with Crippen LogP contribution in [0.3, 0.4) is 0 Å². The molecular formula is C59H98. The maximum Gasteiger partial charge on any atom is -0.0105 e. The van der Waals surface area contributed by atoms with Crippen molar-refractivity contribution >= 4 is 0 Å². The number of rotatable bonds is 0. The molecule has 0 saturated heterocycles. The number of fused-ring (bicyclic) bond motifs is 6. The molecule has 7 saturated carbocycles. The molecular weight excluding hydrogens is 709 g/mol. The van der Waals surface area contributed by atoms with Crippen LogP contribution in [-0.4, -0.2) is 0 Å². The minimum Gasteiger partial charge on any atom is -0.0776 e. The van der Waals surface area contributed by atoms with E-state index >= 15 is 0 Å². The van der Waals surface area contributed by atoms with Gasteiger partial charge in [-0.15, -0.1) is 0 Å². The molecule has 0 nitrogen and oxygen atoms in total. The summed E-state index contributed by atoms with van der Waals surface area (Å²) in [7, 11) is 0. The summed E-state index contributed by atoms with van der Waals surface area (Å²) in [5.74, 6) is 5.22. The zero-order valence-electron chi connectivity index (χ0n) is 42.2. The Labute approximate surface area is 368 Å². The van der Waals surface area contributed by atoms with Crippen molar-refractivity contribution in [3.05, 3.63) is 44.6 Å². The van der Waals surface area contributed by atoms with Crippen molar-refractivity contribution in [2.75, 3.05) is 0 Å². The average Bonchev–Trinajstić information content (AvgIpc) is 3.82. The van der Waals surface area contributed by atoms with Gasteiger partial charge in [0.05, 0.1) is 0 Å². The Kier molecular flexibility index (Phi) is 10.7. The van der Waals surface area contributed by atoms with Gasteiger partial charge in [0.25, 0.3) is 0 Å². The van der Waals surface area contributed by atoms with Crippen LogP contribution in [0.4, 0.5) is 0 Å². The predicted molar refractivity (Wildman–Crippen MR) is 258 cm³/mol. The summed E-state index contributed by atoms with van der Waals surface area (Å²) in [6.07, 6.45) is 23.5. The van der Waals surface area contributed by atoms with E-state index in [4.69, 9.17) is 0 Å². The molecule has 10 atom stereocenters. The molecule has 7 fully saturated rings. The molecule has 11 aliphatic rings. The third-order valence-corrected chi connectivity index (χ3v) is 24.2. The summed E-state index contributed by atoms with van der Waals surface area (Å²) in [6.45, 7) is 46.3. The molecule has 0 aliphatic heterocycles. The van der Waals surface area contributed by atoms with E-state index in [0.29, 0.717) is 48.7 Å². The number of hydrogen-bond acceptors (Lipinski definition) is 0. The minimum absolute atomic E-state index is 0. The zero-order chi connectivity index (χ0) is 42.8. The third kappa shape index (κ3) is 6.25. The maximum atomic E-state index is 2.61. The summed E-state index contributed by atoms with van der Waals surface area (Å²) in [4.78, 5) is 0. The molecule has 0 aromatic rings. The van der Waals surface area contributed by atoms with E-state index in [1.54, 1.807) is 76.7 Å². The maximum absolute atomic E-state index is 2.61. The van der Waals surface area contributed by atoms with Gasteiger partial charge in [-0.25, -0.2) is 0 Å². The van der Waals surface area contributed by atoms with Crippen molar-refractivity contribution in [3.8, 4) is 0 Å². The van der Waals surface area contributed by atoms with E-state index in [-0.39, 0.29) is 7.43 Å². The van der Waals surface area contributed by atoms with Crippen LogP contribution in [0.2, 0.25) is 0 Å². The molecule has 0 aromatic carbocycles. The van der Waals surface area contributed by atoms with Crippen LogP contribution in [0.1, 0.15) is 242 Å². The summed E-state index contributed by atoms with van der Waals surface area (Å²) in [5.41, 5.74) is 19.4. The minimum atomic E-state index is 0. The second-order valence-electron chi connectivity index (χ2n) is 27.8. The topological polar surface area (TPSA) is 0 Å². The molecule has 2 spiro atoms. The van der Waals surface area contributed by atoms with Crippen molar-refractivity contribution in [2.24, 2.45) is 83.7 Å². The summed E-state index contributed by atoms with van der Waals surface area (Å²) < 4.78 is 0. The molecule has 0 heterocycles. The average molecular weight is 807 g/mol. The molecule has 0 heteroatoms. The molecule has 0 aromatic heterocycles. The molecule has 59 heavy (non-hydrogen) atoms. The Morgan fingerprint density at radius 3 is 1.27 bits per heavy atom. The number of allylic oxidation sites excluding steroid dienone is 8. The lowest BCUT2D eigenvalue weighted by Gasteiger charge is -2.64. The van der Waals surface area contributed by atoms with E-state index in [2.05, 4.69) is 132 Å². The van der Waals surface area contributed by atoms with Gasteiger partial charge in [0, 0.05) is 0 Å². The van der Waals surface area contributed by atoms with Gasteiger partial charge in [0.1, 0.15) is 0 Å². The van der Waals surface area contributed by atoms with Gasteiger partial charge in [-0.1, -0.05) is 135 Å². The first-order valence-corrected chi connectivity index (χ1v) is 25.2. The Bertz CT molecular complexity index is 1750. The molecule has 0 radical (unpaired) electrons. The summed E-state index contributed by atoms with van der Waals surface area (Å²) in [6, 6.07) is 0. The highest BCUT2D eigenvalue weighted by Gasteiger charge is 2.80. The monoisotopic (exact) mass is 807 g/mol. The Hall–Kier alpha value is -1.04. The van der Waals surface area contributed by atoms with Crippen LogP contribution in [-0.2, 0) is 0 Å². The quantitative estimate of drug-likeness (QED) is 0.214. The van der Waals surface area contributed by atoms with E-state index in [9.17, 15) is 0 Å². The highest BCUT2D eigenvalue weighted by atomic mass is 14.8. The lowest BCUT2D eigenvalue weighted by atomic mass is 9.40. The highest BCUT2D eigenvalue weighted by molar-refractivity contribution is 5.41. The predicted octanol–water partition coefficient (Wildman–Crippen LogP) is 18.5. The summed E-state index contributed by atoms with van der Waals surface area (Å²) in [5, 5.41) is 0. The van der Waals surface area contributed by atoms with Crippen molar-refractivity contribution in [1.29, 1.82) is 0 Å². The van der Waals surface area contributed by atoms with Crippen LogP contribution < -0.4 is 0 Å². The van der Waals surface area contributed by atoms with Gasteiger partial charge in [-0.2, -0.15) is 0 Å². The third-order valence-electron chi connectivity index (χ3n) is 24.2. The normalized spacial score (nSPS) is 49.2. The summed E-state index contributed by atoms with van der Waals surface area (Å²) >= 11 is 0. The first-order chi connectivity index (χ1) is 26.5. The second-order valence-corrected chi connectivity index (χ2v) is 27.8. The van der Waals surface area contributed by atoms with E-state index in [0.717, 1.165) is 35.0 Å². The van der Waals surface area contributed by atoms with E-state index in [1.165, 1.54) is 70.6 Å². The largest absolute Gasteiger partial charge is 0.0776 e. The van der Waals surface area contributed by atoms with Crippen LogP contribution in [0, 0.1) is 83.7 Å². The van der Waals surface area contributed by atoms with Gasteiger partial charge in [0.2, 0.25) is 0 Å². The molecule has 8 bridgehead atoms. The van der Waals surface area contributed by atoms with Crippen molar-refractivity contribution < 1.29 is 0 Å². The van der Waals surface area contributed by atoms with Gasteiger partial charge < -0.3 is 0 Å². The van der Waals surface area contributed by atoms with Crippen molar-refractivity contribution in [1.82, 2.24) is 0 Å². The standard InChI is InChI=1S/C18H28.C14H20.C13H22.C13H24.CH4/c1-12-13(2)15(4)8-17(6)11-16(5)7-14(12,3)9-18(16,17)10-15;1-8-9(2)11-4-13-5-12-3-10(8)6-14(12,13)7-11;1-9-10(2)13(5)7-6-11(8-13)12(9,3)4;1-10-11(2)13(5,6)9-7-8-12(10,3)4;/h7-11H2,1-6H3;10-13H,3-7H2,1-2H3;11H,6-8H2,1-5H3;7-9H2,1-6H3;1H4. The SMILES string of the molecule is C.CC1=C(C)C(C)(C)C2CCC1(C)C2.CC1=C(C)C(C)(C)CCCC1(C)C.CC1=C(C)C2(C)CC3(C)CC4(C)CC1(C)CC43C2.CC1=C(C)C2CC3CC4CC1CC43C2. The lowest BCUT2D eigenvalue weighted by Crippen LogP contribution is -2.57. The molecule has 11 aliphatic carbocycles. The first kappa shape index (κ1) is 46.0. The fourth-order valence-corrected chi connectivity index (χ4v) is 19.1. The molecule has 0 amide bonds. The zero-order valence-corrected chi connectivity index (χ0v) is 42.2. The Balaban J connectivity index is 0.000000120. The molecule has 10 unspecified atom stereocenters. The van der Waals surface area contributed by atoms with Gasteiger partial charge in [-0.05, 0) is 235 Å². The fraction of sp³-hybridized carbons (Fsp3) is 0.864. The number of hydrogen-bond donors (Lipinski definition) is 0. The second kappa shape index (κ2) is 13.7. The Morgan fingerprint density at radius 1 is 0.407 bits per heavy atom. The highest BCUT2D eigenvalue weighted by Crippen LogP contribution is 2.89. The van der Waals surface area contributed by atoms with Crippen molar-refractivity contribution in [3.63, 3.8) is 0 Å². The van der Waals surface area contributed by atoms with Crippen LogP contribution >= 0.6 is 0 Å². The van der Waals surface area contributed by atoms with Gasteiger partial charge in [-0.3, -0.25) is 0 Å². The van der Waals surface area contributed by atoms with Crippen molar-refractivity contribution in [2.45, 2.75) is 242 Å². The first-order valence-electron chi connectivity index (χ1n) is 25.2. The molecule has 0 N–H and O–H groups in total. The Morgan fingerprint density at radius 2 is 0.831 bits per heavy atom. The van der Waals surface area contributed by atoms with E-state index < -0.39 is 0 Å². The smallest absolute Gasteiger partial charge is 0.0105 e. The molecule has 11 rings (SSSR count). The molecule has 334 valence electrons. The van der Waals surface area contributed by atoms with E-state index in [1.807, 2.05) is 0 Å². The van der Waals surface area contributed by atoms with Gasteiger partial charge in [0.15, 0.2) is 0 Å².